The summed E-state index contributed by atoms with van der Waals surface area (Å²) < 4.78 is 0. The predicted octanol–water partition coefficient (Wildman–Crippen LogP) is 3.20. The van der Waals surface area contributed by atoms with Crippen LogP contribution in [0, 0.1) is 6.92 Å². The lowest BCUT2D eigenvalue weighted by atomic mass is 10.2. The number of allylic oxidation sites excluding steroid dienone is 4. The molecule has 0 heterocycles. The lowest BCUT2D eigenvalue weighted by molar-refractivity contribution is 0.475. The molecule has 0 spiro atoms. The molecule has 13 heavy (non-hydrogen) atoms. The first kappa shape index (κ1) is 9.59. The summed E-state index contributed by atoms with van der Waals surface area (Å²) >= 11 is 0. The van der Waals surface area contributed by atoms with Crippen LogP contribution in [0.25, 0.3) is 0 Å². The number of hydrogen-bond donors (Lipinski definition) is 1. The average molecular weight is 174 g/mol. The largest absolute Gasteiger partial charge is 0.508 e. The van der Waals surface area contributed by atoms with E-state index in [1.807, 2.05) is 19.1 Å². The maximum Gasteiger partial charge on any atom is 0.115 e. The van der Waals surface area contributed by atoms with Gasteiger partial charge in [0.2, 0.25) is 0 Å². The van der Waals surface area contributed by atoms with Crippen LogP contribution in [0.15, 0.2) is 48.6 Å². The molecule has 0 saturated heterocycles. The van der Waals surface area contributed by atoms with Gasteiger partial charge < -0.3 is 5.11 Å². The molecule has 68 valence electrons. The van der Waals surface area contributed by atoms with Crippen LogP contribution < -0.4 is 0 Å². The molecule has 0 amide bonds. The molecule has 1 heteroatoms. The number of phenols is 1. The summed E-state index contributed by atoms with van der Waals surface area (Å²) in [5.74, 6) is 0.329. The Bertz CT molecular complexity index is 262. The van der Waals surface area contributed by atoms with Crippen LogP contribution in [0.3, 0.4) is 0 Å². The van der Waals surface area contributed by atoms with Crippen molar-refractivity contribution in [1.82, 2.24) is 0 Å². The molecule has 1 nitrogen and oxygen atoms in total. The van der Waals surface area contributed by atoms with Crippen LogP contribution in [-0.4, -0.2) is 5.11 Å². The van der Waals surface area contributed by atoms with Gasteiger partial charge in [-0.2, -0.15) is 0 Å². The van der Waals surface area contributed by atoms with E-state index in [0.29, 0.717) is 5.75 Å². The van der Waals surface area contributed by atoms with Gasteiger partial charge in [-0.15, -0.1) is 0 Å². The highest BCUT2D eigenvalue weighted by Crippen LogP contribution is 2.07. The first-order valence-electron chi connectivity index (χ1n) is 4.36. The molecule has 0 aliphatic heterocycles. The second-order valence-electron chi connectivity index (χ2n) is 2.93. The molecule has 1 aromatic carbocycles. The maximum atomic E-state index is 8.76. The van der Waals surface area contributed by atoms with Crippen molar-refractivity contribution in [3.8, 4) is 5.75 Å². The zero-order chi connectivity index (χ0) is 9.52. The Morgan fingerprint density at radius 1 is 1.00 bits per heavy atom. The quantitative estimate of drug-likeness (QED) is 0.640. The van der Waals surface area contributed by atoms with Gasteiger partial charge in [-0.3, -0.25) is 0 Å². The van der Waals surface area contributed by atoms with Crippen LogP contribution in [0.5, 0.6) is 5.75 Å². The Labute approximate surface area is 79.0 Å². The van der Waals surface area contributed by atoms with Gasteiger partial charge in [0.05, 0.1) is 0 Å². The smallest absolute Gasteiger partial charge is 0.115 e. The maximum absolute atomic E-state index is 8.76. The molecular weight excluding hydrogens is 160 g/mol. The van der Waals surface area contributed by atoms with E-state index >= 15 is 0 Å². The van der Waals surface area contributed by atoms with Gasteiger partial charge in [0.25, 0.3) is 0 Å². The van der Waals surface area contributed by atoms with E-state index in [1.54, 1.807) is 12.1 Å². The third kappa shape index (κ3) is 4.16. The topological polar surface area (TPSA) is 20.2 Å². The highest BCUT2D eigenvalue weighted by Gasteiger charge is 1.82. The number of phenolic OH excluding ortho intramolecular Hbond substituents is 1. The van der Waals surface area contributed by atoms with Gasteiger partial charge in [0, 0.05) is 0 Å². The van der Waals surface area contributed by atoms with Crippen LogP contribution in [-0.2, 0) is 0 Å². The molecule has 1 aliphatic rings. The van der Waals surface area contributed by atoms with Gasteiger partial charge in [0.15, 0.2) is 0 Å². The fourth-order valence-electron chi connectivity index (χ4n) is 0.938. The van der Waals surface area contributed by atoms with E-state index in [2.05, 4.69) is 24.3 Å². The second-order valence-corrected chi connectivity index (χ2v) is 2.93. The third-order valence-electron chi connectivity index (χ3n) is 1.69. The van der Waals surface area contributed by atoms with E-state index < -0.39 is 0 Å². The first-order chi connectivity index (χ1) is 6.29. The van der Waals surface area contributed by atoms with Gasteiger partial charge in [-0.25, -0.2) is 0 Å². The monoisotopic (exact) mass is 174 g/mol. The minimum atomic E-state index is 0.329. The van der Waals surface area contributed by atoms with Gasteiger partial charge in [-0.05, 0) is 25.5 Å². The minimum absolute atomic E-state index is 0.329. The van der Waals surface area contributed by atoms with Crippen LogP contribution in [0.4, 0.5) is 0 Å². The number of rotatable bonds is 0. The molecular formula is C12H14O. The van der Waals surface area contributed by atoms with Crippen molar-refractivity contribution in [2.24, 2.45) is 0 Å². The number of hydrogen-bond acceptors (Lipinski definition) is 1. The van der Waals surface area contributed by atoms with E-state index in [9.17, 15) is 0 Å². The Morgan fingerprint density at radius 2 is 1.54 bits per heavy atom. The van der Waals surface area contributed by atoms with Crippen molar-refractivity contribution in [1.29, 1.82) is 0 Å². The van der Waals surface area contributed by atoms with E-state index in [1.165, 1.54) is 5.56 Å². The van der Waals surface area contributed by atoms with Crippen molar-refractivity contribution in [2.45, 2.75) is 13.3 Å². The normalized spacial score (nSPS) is 12.4. The molecule has 0 aromatic heterocycles. The average Bonchev–Trinajstić information content (AvgIpc) is 2.68. The van der Waals surface area contributed by atoms with Gasteiger partial charge in [-0.1, -0.05) is 42.0 Å². The number of aryl methyl sites for hydroxylation is 1. The molecule has 1 aliphatic carbocycles. The summed E-state index contributed by atoms with van der Waals surface area (Å²) in [5, 5.41) is 8.76. The fourth-order valence-corrected chi connectivity index (χ4v) is 0.938. The summed E-state index contributed by atoms with van der Waals surface area (Å²) in [7, 11) is 0. The molecule has 0 radical (unpaired) electrons. The molecule has 1 aromatic rings. The van der Waals surface area contributed by atoms with Crippen molar-refractivity contribution in [3.05, 3.63) is 54.1 Å². The molecule has 0 atom stereocenters. The number of aromatic hydroxyl groups is 1. The lowest BCUT2D eigenvalue weighted by Gasteiger charge is -1.89. The van der Waals surface area contributed by atoms with Crippen molar-refractivity contribution >= 4 is 0 Å². The first-order valence-corrected chi connectivity index (χ1v) is 4.36. The SMILES string of the molecule is C1=CCC=C1.Cc1ccc(O)cc1. The van der Waals surface area contributed by atoms with Crippen LogP contribution >= 0.6 is 0 Å². The molecule has 0 saturated carbocycles. The summed E-state index contributed by atoms with van der Waals surface area (Å²) in [6.07, 6.45) is 9.50. The third-order valence-corrected chi connectivity index (χ3v) is 1.69. The van der Waals surface area contributed by atoms with E-state index in [4.69, 9.17) is 5.11 Å². The summed E-state index contributed by atoms with van der Waals surface area (Å²) in [6, 6.07) is 7.09. The van der Waals surface area contributed by atoms with Crippen molar-refractivity contribution in [2.75, 3.05) is 0 Å². The molecule has 0 bridgehead atoms. The second kappa shape index (κ2) is 5.20. The zero-order valence-corrected chi connectivity index (χ0v) is 7.77. The highest BCUT2D eigenvalue weighted by atomic mass is 16.3. The molecule has 1 N–H and O–H groups in total. The summed E-state index contributed by atoms with van der Waals surface area (Å²) in [5.41, 5.74) is 1.17. The molecule has 2 rings (SSSR count). The Hall–Kier alpha value is -1.50. The molecule has 0 unspecified atom stereocenters. The Balaban J connectivity index is 0.000000145. The van der Waals surface area contributed by atoms with Crippen molar-refractivity contribution in [3.63, 3.8) is 0 Å². The summed E-state index contributed by atoms with van der Waals surface area (Å²) in [4.78, 5) is 0. The fraction of sp³-hybridized carbons (Fsp3) is 0.167. The van der Waals surface area contributed by atoms with Crippen LogP contribution in [0.2, 0.25) is 0 Å². The van der Waals surface area contributed by atoms with Gasteiger partial charge in [0.1, 0.15) is 5.75 Å². The van der Waals surface area contributed by atoms with Crippen LogP contribution in [0.1, 0.15) is 12.0 Å². The van der Waals surface area contributed by atoms with Crippen molar-refractivity contribution < 1.29 is 5.11 Å². The zero-order valence-electron chi connectivity index (χ0n) is 7.77. The molecule has 0 fully saturated rings. The lowest BCUT2D eigenvalue weighted by Crippen LogP contribution is -1.66. The minimum Gasteiger partial charge on any atom is -0.508 e. The van der Waals surface area contributed by atoms with E-state index in [-0.39, 0.29) is 0 Å². The summed E-state index contributed by atoms with van der Waals surface area (Å²) in [6.45, 7) is 1.99. The van der Waals surface area contributed by atoms with E-state index in [0.717, 1.165) is 6.42 Å². The highest BCUT2D eigenvalue weighted by molar-refractivity contribution is 5.24. The predicted molar refractivity (Wildman–Crippen MR) is 55.7 cm³/mol. The standard InChI is InChI=1S/C7H8O.C5H6/c1-6-2-4-7(8)5-3-6;1-2-4-5-3-1/h2-5,8H,1H3;1-4H,5H2. The van der Waals surface area contributed by atoms with Gasteiger partial charge >= 0.3 is 0 Å². The number of benzene rings is 1. The Kier molecular flexibility index (Phi) is 3.83. The Morgan fingerprint density at radius 3 is 1.85 bits per heavy atom.